The zero-order valence-electron chi connectivity index (χ0n) is 8.50. The maximum absolute atomic E-state index is 4.50. The number of aromatic nitrogens is 1. The van der Waals surface area contributed by atoms with Gasteiger partial charge in [0.05, 0.1) is 5.69 Å². The molecular formula is C9H17N3S. The summed E-state index contributed by atoms with van der Waals surface area (Å²) in [6, 6.07) is 0. The molecule has 13 heavy (non-hydrogen) atoms. The Hall–Kier alpha value is -0.450. The Kier molecular flexibility index (Phi) is 4.35. The van der Waals surface area contributed by atoms with E-state index in [-0.39, 0.29) is 0 Å². The number of hydrogen-bond donors (Lipinski definition) is 1. The molecule has 1 N–H and O–H groups in total. The molecule has 0 aliphatic carbocycles. The van der Waals surface area contributed by atoms with Crippen LogP contribution in [0.3, 0.4) is 0 Å². The monoisotopic (exact) mass is 199 g/mol. The van der Waals surface area contributed by atoms with Gasteiger partial charge in [-0.1, -0.05) is 6.92 Å². The molecule has 1 rings (SSSR count). The molecule has 1 aromatic rings. The second-order valence-electron chi connectivity index (χ2n) is 3.25. The van der Waals surface area contributed by atoms with Gasteiger partial charge in [-0.25, -0.2) is 4.98 Å². The van der Waals surface area contributed by atoms with E-state index in [0.717, 1.165) is 19.6 Å². The molecule has 1 heterocycles. The van der Waals surface area contributed by atoms with Crippen molar-refractivity contribution in [2.24, 2.45) is 0 Å². The van der Waals surface area contributed by atoms with Crippen LogP contribution in [-0.4, -0.2) is 30.5 Å². The van der Waals surface area contributed by atoms with Crippen molar-refractivity contribution >= 4 is 11.3 Å². The fourth-order valence-electron chi connectivity index (χ4n) is 1.06. The Bertz CT molecular complexity index is 245. The summed E-state index contributed by atoms with van der Waals surface area (Å²) in [5, 5.41) is 6.58. The number of thiazole rings is 1. The van der Waals surface area contributed by atoms with E-state index in [0.29, 0.717) is 0 Å². The van der Waals surface area contributed by atoms with Crippen LogP contribution in [0.25, 0.3) is 0 Å². The third-order valence-electron chi connectivity index (χ3n) is 1.60. The minimum Gasteiger partial charge on any atom is -0.311 e. The third kappa shape index (κ3) is 3.85. The second-order valence-corrected chi connectivity index (χ2v) is 4.19. The lowest BCUT2D eigenvalue weighted by atomic mass is 10.4. The van der Waals surface area contributed by atoms with Gasteiger partial charge in [-0.05, 0) is 20.6 Å². The van der Waals surface area contributed by atoms with Crippen molar-refractivity contribution in [2.75, 3.05) is 20.6 Å². The van der Waals surface area contributed by atoms with Crippen LogP contribution in [0.5, 0.6) is 0 Å². The minimum absolute atomic E-state index is 0.897. The first-order chi connectivity index (χ1) is 6.22. The van der Waals surface area contributed by atoms with Gasteiger partial charge in [-0.3, -0.25) is 0 Å². The number of rotatable bonds is 5. The van der Waals surface area contributed by atoms with Crippen molar-refractivity contribution in [2.45, 2.75) is 20.0 Å². The summed E-state index contributed by atoms with van der Waals surface area (Å²) in [5.74, 6) is 0. The minimum atomic E-state index is 0.897. The van der Waals surface area contributed by atoms with E-state index in [1.165, 1.54) is 10.7 Å². The summed E-state index contributed by atoms with van der Waals surface area (Å²) in [6.45, 7) is 4.94. The summed E-state index contributed by atoms with van der Waals surface area (Å²) in [7, 11) is 4.12. The third-order valence-corrected chi connectivity index (χ3v) is 2.50. The Balaban J connectivity index is 2.44. The van der Waals surface area contributed by atoms with Crippen molar-refractivity contribution in [1.82, 2.24) is 15.2 Å². The normalized spacial score (nSPS) is 11.1. The molecule has 0 radical (unpaired) electrons. The zero-order valence-corrected chi connectivity index (χ0v) is 9.32. The van der Waals surface area contributed by atoms with Crippen molar-refractivity contribution in [3.05, 3.63) is 16.1 Å². The highest BCUT2D eigenvalue weighted by Gasteiger charge is 2.01. The standard InChI is InChI=1S/C9H17N3S/c1-4-10-5-9-11-8(7-13-9)6-12(2)3/h7,10H,4-6H2,1-3H3. The van der Waals surface area contributed by atoms with Crippen molar-refractivity contribution in [3.63, 3.8) is 0 Å². The summed E-state index contributed by atoms with van der Waals surface area (Å²) in [5.41, 5.74) is 1.17. The molecule has 0 atom stereocenters. The largest absolute Gasteiger partial charge is 0.311 e. The molecule has 0 saturated heterocycles. The first-order valence-electron chi connectivity index (χ1n) is 4.51. The number of nitrogens with zero attached hydrogens (tertiary/aromatic N) is 2. The summed E-state index contributed by atoms with van der Waals surface area (Å²) < 4.78 is 0. The molecule has 0 saturated carbocycles. The summed E-state index contributed by atoms with van der Waals surface area (Å²) in [4.78, 5) is 6.63. The Labute approximate surface area is 83.8 Å². The predicted octanol–water partition coefficient (Wildman–Crippen LogP) is 1.31. The van der Waals surface area contributed by atoms with Crippen LogP contribution in [0.15, 0.2) is 5.38 Å². The van der Waals surface area contributed by atoms with Crippen LogP contribution >= 0.6 is 11.3 Å². The SMILES string of the molecule is CCNCc1nc(CN(C)C)cs1. The van der Waals surface area contributed by atoms with E-state index in [1.807, 2.05) is 0 Å². The predicted molar refractivity (Wildman–Crippen MR) is 56.9 cm³/mol. The van der Waals surface area contributed by atoms with Crippen LogP contribution in [0, 0.1) is 0 Å². The van der Waals surface area contributed by atoms with Gasteiger partial charge in [-0.2, -0.15) is 0 Å². The van der Waals surface area contributed by atoms with Gasteiger partial charge in [0.15, 0.2) is 0 Å². The van der Waals surface area contributed by atoms with Gasteiger partial charge in [0.1, 0.15) is 5.01 Å². The van der Waals surface area contributed by atoms with Crippen LogP contribution in [0.2, 0.25) is 0 Å². The maximum Gasteiger partial charge on any atom is 0.107 e. The van der Waals surface area contributed by atoms with Gasteiger partial charge in [0, 0.05) is 18.5 Å². The molecular weight excluding hydrogens is 182 g/mol. The van der Waals surface area contributed by atoms with Gasteiger partial charge in [0.25, 0.3) is 0 Å². The molecule has 1 aromatic heterocycles. The molecule has 0 aliphatic heterocycles. The molecule has 0 fully saturated rings. The molecule has 0 unspecified atom stereocenters. The molecule has 0 spiro atoms. The van der Waals surface area contributed by atoms with E-state index in [4.69, 9.17) is 0 Å². The van der Waals surface area contributed by atoms with Crippen molar-refractivity contribution in [3.8, 4) is 0 Å². The lowest BCUT2D eigenvalue weighted by Gasteiger charge is -2.05. The van der Waals surface area contributed by atoms with Gasteiger partial charge < -0.3 is 10.2 Å². The fourth-order valence-corrected chi connectivity index (χ4v) is 1.81. The van der Waals surface area contributed by atoms with Crippen molar-refractivity contribution in [1.29, 1.82) is 0 Å². The van der Waals surface area contributed by atoms with Gasteiger partial charge in [0.2, 0.25) is 0 Å². The maximum atomic E-state index is 4.50. The highest BCUT2D eigenvalue weighted by molar-refractivity contribution is 7.09. The number of hydrogen-bond acceptors (Lipinski definition) is 4. The second kappa shape index (κ2) is 5.32. The van der Waals surface area contributed by atoms with Gasteiger partial charge in [-0.15, -0.1) is 11.3 Å². The smallest absolute Gasteiger partial charge is 0.107 e. The molecule has 0 bridgehead atoms. The van der Waals surface area contributed by atoms with E-state index in [9.17, 15) is 0 Å². The Morgan fingerprint density at radius 3 is 2.92 bits per heavy atom. The lowest BCUT2D eigenvalue weighted by molar-refractivity contribution is 0.397. The number of nitrogens with one attached hydrogen (secondary N) is 1. The molecule has 0 amide bonds. The van der Waals surface area contributed by atoms with E-state index < -0.39 is 0 Å². The quantitative estimate of drug-likeness (QED) is 0.775. The van der Waals surface area contributed by atoms with E-state index in [1.54, 1.807) is 11.3 Å². The lowest BCUT2D eigenvalue weighted by Crippen LogP contribution is -2.13. The van der Waals surface area contributed by atoms with Crippen LogP contribution < -0.4 is 5.32 Å². The molecule has 3 nitrogen and oxygen atoms in total. The van der Waals surface area contributed by atoms with Crippen LogP contribution in [0.4, 0.5) is 0 Å². The molecule has 0 aromatic carbocycles. The molecule has 4 heteroatoms. The summed E-state index contributed by atoms with van der Waals surface area (Å²) >= 11 is 1.73. The highest BCUT2D eigenvalue weighted by atomic mass is 32.1. The van der Waals surface area contributed by atoms with Crippen LogP contribution in [-0.2, 0) is 13.1 Å². The first-order valence-corrected chi connectivity index (χ1v) is 5.39. The molecule has 74 valence electrons. The van der Waals surface area contributed by atoms with Crippen LogP contribution in [0.1, 0.15) is 17.6 Å². The van der Waals surface area contributed by atoms with E-state index in [2.05, 4.69) is 41.6 Å². The van der Waals surface area contributed by atoms with E-state index >= 15 is 0 Å². The fraction of sp³-hybridized carbons (Fsp3) is 0.667. The van der Waals surface area contributed by atoms with Crippen molar-refractivity contribution < 1.29 is 0 Å². The first kappa shape index (κ1) is 10.6. The average molecular weight is 199 g/mol. The summed E-state index contributed by atoms with van der Waals surface area (Å²) in [6.07, 6.45) is 0. The van der Waals surface area contributed by atoms with Gasteiger partial charge >= 0.3 is 0 Å². The zero-order chi connectivity index (χ0) is 9.68. The Morgan fingerprint density at radius 1 is 1.54 bits per heavy atom. The average Bonchev–Trinajstić information content (AvgIpc) is 2.48. The molecule has 0 aliphatic rings. The topological polar surface area (TPSA) is 28.2 Å². The Morgan fingerprint density at radius 2 is 2.31 bits per heavy atom. The highest BCUT2D eigenvalue weighted by Crippen LogP contribution is 2.10.